The highest BCUT2D eigenvalue weighted by Crippen LogP contribution is 2.25. The summed E-state index contributed by atoms with van der Waals surface area (Å²) in [5, 5.41) is 5.04. The SMILES string of the molecule is CC.CCc1cccc2c(NC=O)cccc12. The highest BCUT2D eigenvalue weighted by molar-refractivity contribution is 5.98. The van der Waals surface area contributed by atoms with E-state index in [0.29, 0.717) is 6.41 Å². The molecule has 0 fully saturated rings. The summed E-state index contributed by atoms with van der Waals surface area (Å²) in [5.41, 5.74) is 2.18. The van der Waals surface area contributed by atoms with Gasteiger partial charge in [-0.1, -0.05) is 51.1 Å². The number of hydrogen-bond acceptors (Lipinski definition) is 1. The van der Waals surface area contributed by atoms with Crippen LogP contribution in [0, 0.1) is 0 Å². The number of aryl methyl sites for hydroxylation is 1. The lowest BCUT2D eigenvalue weighted by Gasteiger charge is -2.08. The molecular weight excluding hydrogens is 210 g/mol. The molecule has 1 amide bonds. The van der Waals surface area contributed by atoms with Crippen molar-refractivity contribution in [1.29, 1.82) is 0 Å². The van der Waals surface area contributed by atoms with Crippen molar-refractivity contribution in [2.45, 2.75) is 27.2 Å². The molecule has 0 saturated heterocycles. The molecule has 2 nitrogen and oxygen atoms in total. The molecule has 0 unspecified atom stereocenters. The first kappa shape index (κ1) is 13.2. The van der Waals surface area contributed by atoms with Gasteiger partial charge in [-0.3, -0.25) is 4.79 Å². The maximum Gasteiger partial charge on any atom is 0.211 e. The number of carbonyl (C=O) groups is 1. The van der Waals surface area contributed by atoms with E-state index in [1.165, 1.54) is 10.9 Å². The largest absolute Gasteiger partial charge is 0.328 e. The third-order valence-electron chi connectivity index (χ3n) is 2.61. The first-order valence-electron chi connectivity index (χ1n) is 6.07. The number of hydrogen-bond donors (Lipinski definition) is 1. The first-order valence-corrected chi connectivity index (χ1v) is 6.07. The van der Waals surface area contributed by atoms with Crippen LogP contribution in [-0.2, 0) is 11.2 Å². The Balaban J connectivity index is 0.000000686. The maximum atomic E-state index is 10.5. The fourth-order valence-corrected chi connectivity index (χ4v) is 1.87. The monoisotopic (exact) mass is 229 g/mol. The van der Waals surface area contributed by atoms with E-state index in [-0.39, 0.29) is 0 Å². The van der Waals surface area contributed by atoms with Gasteiger partial charge in [-0.15, -0.1) is 0 Å². The summed E-state index contributed by atoms with van der Waals surface area (Å²) in [4.78, 5) is 10.5. The molecule has 0 heterocycles. The summed E-state index contributed by atoms with van der Waals surface area (Å²) >= 11 is 0. The van der Waals surface area contributed by atoms with Gasteiger partial charge in [0.15, 0.2) is 0 Å². The van der Waals surface area contributed by atoms with Crippen LogP contribution in [0.3, 0.4) is 0 Å². The first-order chi connectivity index (χ1) is 8.36. The third-order valence-corrected chi connectivity index (χ3v) is 2.61. The van der Waals surface area contributed by atoms with Crippen LogP contribution >= 0.6 is 0 Å². The summed E-state index contributed by atoms with van der Waals surface area (Å²) < 4.78 is 0. The summed E-state index contributed by atoms with van der Waals surface area (Å²) in [6.45, 7) is 6.13. The van der Waals surface area contributed by atoms with E-state index in [4.69, 9.17) is 0 Å². The molecule has 0 aliphatic heterocycles. The van der Waals surface area contributed by atoms with E-state index in [2.05, 4.69) is 24.4 Å². The van der Waals surface area contributed by atoms with E-state index >= 15 is 0 Å². The topological polar surface area (TPSA) is 29.1 Å². The normalized spacial score (nSPS) is 9.35. The quantitative estimate of drug-likeness (QED) is 0.792. The van der Waals surface area contributed by atoms with Gasteiger partial charge < -0.3 is 5.32 Å². The van der Waals surface area contributed by atoms with Gasteiger partial charge in [0.1, 0.15) is 0 Å². The summed E-state index contributed by atoms with van der Waals surface area (Å²) in [6, 6.07) is 12.1. The van der Waals surface area contributed by atoms with Gasteiger partial charge in [0.25, 0.3) is 0 Å². The number of anilines is 1. The molecule has 0 saturated carbocycles. The van der Waals surface area contributed by atoms with E-state index in [9.17, 15) is 4.79 Å². The van der Waals surface area contributed by atoms with Crippen molar-refractivity contribution in [1.82, 2.24) is 0 Å². The van der Waals surface area contributed by atoms with E-state index < -0.39 is 0 Å². The van der Waals surface area contributed by atoms with Crippen molar-refractivity contribution in [3.63, 3.8) is 0 Å². The van der Waals surface area contributed by atoms with Gasteiger partial charge in [0, 0.05) is 11.1 Å². The Kier molecular flexibility index (Phi) is 5.21. The smallest absolute Gasteiger partial charge is 0.211 e. The van der Waals surface area contributed by atoms with Gasteiger partial charge in [0.05, 0.1) is 0 Å². The highest BCUT2D eigenvalue weighted by Gasteiger charge is 2.02. The molecule has 90 valence electrons. The fourth-order valence-electron chi connectivity index (χ4n) is 1.87. The van der Waals surface area contributed by atoms with Crippen LogP contribution < -0.4 is 5.32 Å². The van der Waals surface area contributed by atoms with Gasteiger partial charge in [0.2, 0.25) is 6.41 Å². The number of carbonyl (C=O) groups excluding carboxylic acids is 1. The second-order valence-corrected chi connectivity index (χ2v) is 3.43. The number of rotatable bonds is 3. The Labute approximate surface area is 103 Å². The standard InChI is InChI=1S/C13H13NO.C2H6/c1-2-10-5-3-7-12-11(10)6-4-8-13(12)14-9-15;1-2/h3-9H,2H2,1H3,(H,14,15);1-2H3. The Morgan fingerprint density at radius 1 is 1.06 bits per heavy atom. The van der Waals surface area contributed by atoms with Crippen LogP contribution in [-0.4, -0.2) is 6.41 Å². The van der Waals surface area contributed by atoms with Gasteiger partial charge >= 0.3 is 0 Å². The number of amides is 1. The lowest BCUT2D eigenvalue weighted by atomic mass is 10.0. The van der Waals surface area contributed by atoms with E-state index in [1.807, 2.05) is 38.1 Å². The molecule has 2 heteroatoms. The minimum atomic E-state index is 0.716. The molecule has 2 aromatic rings. The Bertz CT molecular complexity index is 491. The molecule has 0 aromatic heterocycles. The molecule has 0 spiro atoms. The molecule has 2 rings (SSSR count). The third kappa shape index (κ3) is 2.84. The van der Waals surface area contributed by atoms with Crippen molar-refractivity contribution in [3.05, 3.63) is 42.0 Å². The van der Waals surface area contributed by atoms with Gasteiger partial charge in [-0.2, -0.15) is 0 Å². The van der Waals surface area contributed by atoms with Crippen molar-refractivity contribution in [3.8, 4) is 0 Å². The van der Waals surface area contributed by atoms with Crippen molar-refractivity contribution in [2.75, 3.05) is 5.32 Å². The second-order valence-electron chi connectivity index (χ2n) is 3.43. The second kappa shape index (κ2) is 6.69. The molecule has 0 radical (unpaired) electrons. The minimum Gasteiger partial charge on any atom is -0.328 e. The molecule has 17 heavy (non-hydrogen) atoms. The van der Waals surface area contributed by atoms with Crippen molar-refractivity contribution < 1.29 is 4.79 Å². The van der Waals surface area contributed by atoms with Crippen LogP contribution in [0.1, 0.15) is 26.3 Å². The Morgan fingerprint density at radius 2 is 1.71 bits per heavy atom. The van der Waals surface area contributed by atoms with Crippen LogP contribution in [0.2, 0.25) is 0 Å². The average molecular weight is 229 g/mol. The van der Waals surface area contributed by atoms with Crippen molar-refractivity contribution in [2.24, 2.45) is 0 Å². The fraction of sp³-hybridized carbons (Fsp3) is 0.267. The van der Waals surface area contributed by atoms with E-state index in [0.717, 1.165) is 17.5 Å². The number of nitrogens with one attached hydrogen (secondary N) is 1. The maximum absolute atomic E-state index is 10.5. The lowest BCUT2D eigenvalue weighted by molar-refractivity contribution is -0.105. The predicted octanol–water partition coefficient (Wildman–Crippen LogP) is 4.00. The zero-order valence-corrected chi connectivity index (χ0v) is 10.7. The molecular formula is C15H19NO. The zero-order chi connectivity index (χ0) is 12.7. The molecule has 0 bridgehead atoms. The molecule has 0 atom stereocenters. The van der Waals surface area contributed by atoms with Crippen LogP contribution in [0.25, 0.3) is 10.8 Å². The van der Waals surface area contributed by atoms with Crippen LogP contribution in [0.5, 0.6) is 0 Å². The molecule has 1 N–H and O–H groups in total. The Morgan fingerprint density at radius 3 is 2.35 bits per heavy atom. The highest BCUT2D eigenvalue weighted by atomic mass is 16.1. The summed E-state index contributed by atoms with van der Waals surface area (Å²) in [5.74, 6) is 0. The van der Waals surface area contributed by atoms with Crippen LogP contribution in [0.15, 0.2) is 36.4 Å². The number of benzene rings is 2. The lowest BCUT2D eigenvalue weighted by Crippen LogP contribution is -1.95. The van der Waals surface area contributed by atoms with Crippen molar-refractivity contribution >= 4 is 22.9 Å². The molecule has 2 aromatic carbocycles. The number of fused-ring (bicyclic) bond motifs is 1. The van der Waals surface area contributed by atoms with Gasteiger partial charge in [-0.25, -0.2) is 0 Å². The summed E-state index contributed by atoms with van der Waals surface area (Å²) in [6.07, 6.45) is 1.72. The zero-order valence-electron chi connectivity index (χ0n) is 10.7. The van der Waals surface area contributed by atoms with Gasteiger partial charge in [-0.05, 0) is 23.4 Å². The molecule has 0 aliphatic carbocycles. The average Bonchev–Trinajstić information content (AvgIpc) is 2.41. The minimum absolute atomic E-state index is 0.716. The Hall–Kier alpha value is -1.83. The van der Waals surface area contributed by atoms with Crippen LogP contribution in [0.4, 0.5) is 5.69 Å². The predicted molar refractivity (Wildman–Crippen MR) is 74.4 cm³/mol. The molecule has 0 aliphatic rings. The summed E-state index contributed by atoms with van der Waals surface area (Å²) in [7, 11) is 0. The van der Waals surface area contributed by atoms with E-state index in [1.54, 1.807) is 0 Å².